The van der Waals surface area contributed by atoms with Crippen LogP contribution in [0.15, 0.2) is 174 Å². The molecule has 1 aliphatic carbocycles. The maximum atomic E-state index is 6.33. The lowest BCUT2D eigenvalue weighted by Crippen LogP contribution is -2.17. The molecule has 1 aliphatic rings. The van der Waals surface area contributed by atoms with Gasteiger partial charge in [-0.1, -0.05) is 105 Å². The number of anilines is 6. The van der Waals surface area contributed by atoms with E-state index < -0.39 is 0 Å². The Morgan fingerprint density at radius 3 is 1.48 bits per heavy atom. The number of furan rings is 1. The minimum Gasteiger partial charge on any atom is -0.456 e. The number of benzene rings is 7. The van der Waals surface area contributed by atoms with E-state index in [1.54, 1.807) is 0 Å². The molecule has 8 aromatic rings. The van der Waals surface area contributed by atoms with E-state index in [0.717, 1.165) is 56.1 Å². The van der Waals surface area contributed by atoms with Crippen LogP contribution in [0.1, 0.15) is 25.0 Å². The van der Waals surface area contributed by atoms with Gasteiger partial charge in [-0.3, -0.25) is 0 Å². The van der Waals surface area contributed by atoms with Crippen molar-refractivity contribution in [2.24, 2.45) is 0 Å². The Bertz CT molecular complexity index is 2390. The average Bonchev–Trinajstić information content (AvgIpc) is 3.62. The minimum atomic E-state index is -0.216. The van der Waals surface area contributed by atoms with Gasteiger partial charge in [0, 0.05) is 39.2 Å². The van der Waals surface area contributed by atoms with Crippen LogP contribution in [-0.2, 0) is 5.41 Å². The molecule has 48 heavy (non-hydrogen) atoms. The smallest absolute Gasteiger partial charge is 0.137 e. The fourth-order valence-electron chi connectivity index (χ4n) is 7.54. The molecule has 230 valence electrons. The molecule has 3 heteroatoms. The standard InChI is InChI=1S/C45H34N2O/c1-45(2)39-29-34(46(31-15-6-3-7-16-31)32-17-8-4-9-18-32)25-27-36(39)37-28-26-35(30-40(37)45)47(33-19-10-5-11-20-33)41-22-14-24-43-44(41)38-21-12-13-23-42(38)48-43/h3-30H,1-2H3. The molecule has 0 saturated heterocycles. The summed E-state index contributed by atoms with van der Waals surface area (Å²) in [5.41, 5.74) is 13.5. The van der Waals surface area contributed by atoms with Crippen LogP contribution in [0.4, 0.5) is 34.1 Å². The molecular weight excluding hydrogens is 585 g/mol. The summed E-state index contributed by atoms with van der Waals surface area (Å²) in [4.78, 5) is 4.72. The third-order valence-electron chi connectivity index (χ3n) is 9.82. The molecule has 0 bridgehead atoms. The Kier molecular flexibility index (Phi) is 6.48. The van der Waals surface area contributed by atoms with Gasteiger partial charge in [0.2, 0.25) is 0 Å². The number of hydrogen-bond donors (Lipinski definition) is 0. The van der Waals surface area contributed by atoms with Crippen LogP contribution < -0.4 is 9.80 Å². The highest BCUT2D eigenvalue weighted by molar-refractivity contribution is 6.13. The minimum absolute atomic E-state index is 0.216. The fourth-order valence-corrected chi connectivity index (χ4v) is 7.54. The molecule has 9 rings (SSSR count). The van der Waals surface area contributed by atoms with Gasteiger partial charge in [0.05, 0.1) is 11.1 Å². The van der Waals surface area contributed by atoms with Gasteiger partial charge in [-0.15, -0.1) is 0 Å². The zero-order chi connectivity index (χ0) is 32.2. The molecule has 0 radical (unpaired) electrons. The van der Waals surface area contributed by atoms with Crippen molar-refractivity contribution in [3.05, 3.63) is 181 Å². The quantitative estimate of drug-likeness (QED) is 0.185. The Balaban J connectivity index is 1.19. The lowest BCUT2D eigenvalue weighted by Gasteiger charge is -2.29. The molecule has 3 nitrogen and oxygen atoms in total. The van der Waals surface area contributed by atoms with Gasteiger partial charge in [-0.25, -0.2) is 0 Å². The maximum Gasteiger partial charge on any atom is 0.137 e. The number of nitrogens with zero attached hydrogens (tertiary/aromatic N) is 2. The molecule has 0 N–H and O–H groups in total. The van der Waals surface area contributed by atoms with Crippen molar-refractivity contribution in [2.45, 2.75) is 19.3 Å². The summed E-state index contributed by atoms with van der Waals surface area (Å²) >= 11 is 0. The SMILES string of the molecule is CC1(C)c2cc(N(c3ccccc3)c3ccccc3)ccc2-c2ccc(N(c3ccccc3)c3cccc4oc5ccccc5c34)cc21. The molecule has 1 aromatic heterocycles. The van der Waals surface area contributed by atoms with Crippen LogP contribution in [-0.4, -0.2) is 0 Å². The summed E-state index contributed by atoms with van der Waals surface area (Å²) in [5.74, 6) is 0. The maximum absolute atomic E-state index is 6.33. The van der Waals surface area contributed by atoms with Gasteiger partial charge in [0.25, 0.3) is 0 Å². The van der Waals surface area contributed by atoms with Crippen LogP contribution in [0.5, 0.6) is 0 Å². The second-order valence-corrected chi connectivity index (χ2v) is 13.0. The molecule has 0 spiro atoms. The summed E-state index contributed by atoms with van der Waals surface area (Å²) < 4.78 is 6.33. The van der Waals surface area contributed by atoms with E-state index in [-0.39, 0.29) is 5.41 Å². The fraction of sp³-hybridized carbons (Fsp3) is 0.0667. The topological polar surface area (TPSA) is 19.6 Å². The third-order valence-corrected chi connectivity index (χ3v) is 9.82. The molecule has 0 aliphatic heterocycles. The van der Waals surface area contributed by atoms with Crippen molar-refractivity contribution >= 4 is 56.1 Å². The van der Waals surface area contributed by atoms with Crippen molar-refractivity contribution in [3.8, 4) is 11.1 Å². The van der Waals surface area contributed by atoms with E-state index >= 15 is 0 Å². The molecule has 0 atom stereocenters. The van der Waals surface area contributed by atoms with Crippen LogP contribution in [0.3, 0.4) is 0 Å². The van der Waals surface area contributed by atoms with Gasteiger partial charge in [-0.2, -0.15) is 0 Å². The molecular formula is C45H34N2O. The first-order valence-corrected chi connectivity index (χ1v) is 16.5. The zero-order valence-corrected chi connectivity index (χ0v) is 27.0. The van der Waals surface area contributed by atoms with Crippen molar-refractivity contribution in [2.75, 3.05) is 9.80 Å². The zero-order valence-electron chi connectivity index (χ0n) is 27.0. The predicted octanol–water partition coefficient (Wildman–Crippen LogP) is 12.8. The molecule has 1 heterocycles. The van der Waals surface area contributed by atoms with E-state index in [4.69, 9.17) is 4.42 Å². The predicted molar refractivity (Wildman–Crippen MR) is 201 cm³/mol. The molecule has 0 amide bonds. The highest BCUT2D eigenvalue weighted by Gasteiger charge is 2.37. The number of hydrogen-bond acceptors (Lipinski definition) is 3. The number of para-hydroxylation sites is 4. The van der Waals surface area contributed by atoms with Gasteiger partial charge in [-0.05, 0) is 101 Å². The summed E-state index contributed by atoms with van der Waals surface area (Å²) in [7, 11) is 0. The molecule has 7 aromatic carbocycles. The van der Waals surface area contributed by atoms with Crippen LogP contribution in [0, 0.1) is 0 Å². The van der Waals surface area contributed by atoms with Gasteiger partial charge >= 0.3 is 0 Å². The average molecular weight is 619 g/mol. The van der Waals surface area contributed by atoms with E-state index in [1.165, 1.54) is 22.3 Å². The Hall–Kier alpha value is -6.06. The first-order valence-electron chi connectivity index (χ1n) is 16.5. The largest absolute Gasteiger partial charge is 0.456 e. The monoisotopic (exact) mass is 618 g/mol. The summed E-state index contributed by atoms with van der Waals surface area (Å²) in [6.45, 7) is 4.72. The van der Waals surface area contributed by atoms with Crippen LogP contribution in [0.2, 0.25) is 0 Å². The molecule has 0 saturated carbocycles. The highest BCUT2D eigenvalue weighted by atomic mass is 16.3. The Morgan fingerprint density at radius 1 is 0.417 bits per heavy atom. The third kappa shape index (κ3) is 4.43. The first kappa shape index (κ1) is 28.2. The van der Waals surface area contributed by atoms with E-state index in [0.29, 0.717) is 0 Å². The van der Waals surface area contributed by atoms with E-state index in [2.05, 4.69) is 181 Å². The van der Waals surface area contributed by atoms with Crippen molar-refractivity contribution in [1.82, 2.24) is 0 Å². The van der Waals surface area contributed by atoms with Gasteiger partial charge in [0.15, 0.2) is 0 Å². The number of rotatable bonds is 6. The van der Waals surface area contributed by atoms with Crippen molar-refractivity contribution in [3.63, 3.8) is 0 Å². The van der Waals surface area contributed by atoms with Gasteiger partial charge < -0.3 is 14.2 Å². The lowest BCUT2D eigenvalue weighted by molar-refractivity contribution is 0.660. The first-order chi connectivity index (χ1) is 23.6. The Morgan fingerprint density at radius 2 is 0.896 bits per heavy atom. The summed E-state index contributed by atoms with van der Waals surface area (Å²) in [5, 5.41) is 2.23. The number of fused-ring (bicyclic) bond motifs is 6. The van der Waals surface area contributed by atoms with Crippen molar-refractivity contribution < 1.29 is 4.42 Å². The highest BCUT2D eigenvalue weighted by Crippen LogP contribution is 2.53. The summed E-state index contributed by atoms with van der Waals surface area (Å²) in [6.07, 6.45) is 0. The van der Waals surface area contributed by atoms with E-state index in [1.807, 2.05) is 12.1 Å². The molecule has 0 unspecified atom stereocenters. The Labute approximate surface area is 280 Å². The van der Waals surface area contributed by atoms with Crippen LogP contribution >= 0.6 is 0 Å². The normalized spacial score (nSPS) is 13.0. The van der Waals surface area contributed by atoms with Gasteiger partial charge in [0.1, 0.15) is 11.2 Å². The molecule has 0 fully saturated rings. The lowest BCUT2D eigenvalue weighted by atomic mass is 9.82. The second kappa shape index (κ2) is 11.0. The summed E-state index contributed by atoms with van der Waals surface area (Å²) in [6, 6.07) is 60.5. The van der Waals surface area contributed by atoms with Crippen LogP contribution in [0.25, 0.3) is 33.1 Å². The van der Waals surface area contributed by atoms with Crippen molar-refractivity contribution in [1.29, 1.82) is 0 Å². The van der Waals surface area contributed by atoms with E-state index in [9.17, 15) is 0 Å². The second-order valence-electron chi connectivity index (χ2n) is 13.0.